The molecule has 0 aliphatic carbocycles. The summed E-state index contributed by atoms with van der Waals surface area (Å²) in [6, 6.07) is 9.58. The van der Waals surface area contributed by atoms with Crippen LogP contribution in [0, 0.1) is 6.92 Å². The van der Waals surface area contributed by atoms with Gasteiger partial charge in [0.15, 0.2) is 0 Å². The van der Waals surface area contributed by atoms with Crippen LogP contribution >= 0.6 is 11.3 Å². The molecule has 0 amide bonds. The molecule has 1 aromatic carbocycles. The van der Waals surface area contributed by atoms with E-state index in [1.807, 2.05) is 17.5 Å². The molecule has 3 heterocycles. The minimum absolute atomic E-state index is 0.0921. The summed E-state index contributed by atoms with van der Waals surface area (Å²) in [5.41, 5.74) is 2.53. The monoisotopic (exact) mass is 328 g/mol. The summed E-state index contributed by atoms with van der Waals surface area (Å²) in [6.45, 7) is 3.14. The van der Waals surface area contributed by atoms with Crippen molar-refractivity contribution in [1.82, 2.24) is 9.88 Å². The Kier molecular flexibility index (Phi) is 4.22. The maximum absolute atomic E-state index is 10.0. The maximum atomic E-state index is 10.0. The predicted octanol–water partition coefficient (Wildman–Crippen LogP) is 4.00. The van der Waals surface area contributed by atoms with Gasteiger partial charge in [-0.15, -0.1) is 11.3 Å². The largest absolute Gasteiger partial charge is 0.393 e. The van der Waals surface area contributed by atoms with Gasteiger partial charge in [0.1, 0.15) is 5.01 Å². The van der Waals surface area contributed by atoms with Gasteiger partial charge < -0.3 is 5.11 Å². The lowest BCUT2D eigenvalue weighted by Crippen LogP contribution is -2.52. The molecule has 2 fully saturated rings. The Balaban J connectivity index is 1.53. The third kappa shape index (κ3) is 3.08. The summed E-state index contributed by atoms with van der Waals surface area (Å²) in [7, 11) is 0. The molecule has 2 aromatic rings. The summed E-state index contributed by atoms with van der Waals surface area (Å²) < 4.78 is 0. The first-order valence-electron chi connectivity index (χ1n) is 8.65. The van der Waals surface area contributed by atoms with Crippen LogP contribution < -0.4 is 0 Å². The number of hydrogen-bond donors (Lipinski definition) is 1. The van der Waals surface area contributed by atoms with E-state index in [1.165, 1.54) is 35.3 Å². The van der Waals surface area contributed by atoms with Crippen molar-refractivity contribution in [3.05, 3.63) is 40.9 Å². The van der Waals surface area contributed by atoms with Crippen molar-refractivity contribution >= 4 is 11.3 Å². The van der Waals surface area contributed by atoms with E-state index in [1.54, 1.807) is 0 Å². The number of thiazole rings is 1. The second-order valence-electron chi connectivity index (χ2n) is 6.98. The average molecular weight is 328 g/mol. The summed E-state index contributed by atoms with van der Waals surface area (Å²) >= 11 is 1.82. The van der Waals surface area contributed by atoms with Crippen molar-refractivity contribution < 1.29 is 5.11 Å². The standard InChI is InChI=1S/C19H24N2OS/c1-13-5-2-3-8-18(13)19-20-11-17(23-19)12-21-14-6-4-7-15(21)10-16(22)9-14/h2-3,5,8,11,14-16,22H,4,6-7,9-10,12H2,1H3/t14-,15+,16?. The molecule has 0 saturated carbocycles. The molecule has 23 heavy (non-hydrogen) atoms. The fourth-order valence-electron chi connectivity index (χ4n) is 4.21. The number of rotatable bonds is 3. The molecule has 122 valence electrons. The van der Waals surface area contributed by atoms with Gasteiger partial charge in [-0.3, -0.25) is 4.90 Å². The van der Waals surface area contributed by atoms with Crippen molar-refractivity contribution in [1.29, 1.82) is 0 Å². The van der Waals surface area contributed by atoms with E-state index in [0.29, 0.717) is 12.1 Å². The number of hydrogen-bond acceptors (Lipinski definition) is 4. The highest BCUT2D eigenvalue weighted by molar-refractivity contribution is 7.15. The smallest absolute Gasteiger partial charge is 0.123 e. The normalized spacial score (nSPS) is 28.0. The van der Waals surface area contributed by atoms with Crippen LogP contribution in [0.1, 0.15) is 42.5 Å². The number of aliphatic hydroxyl groups excluding tert-OH is 1. The second kappa shape index (κ2) is 6.34. The van der Waals surface area contributed by atoms with E-state index in [-0.39, 0.29) is 6.10 Å². The van der Waals surface area contributed by atoms with Gasteiger partial charge in [-0.05, 0) is 38.2 Å². The molecule has 2 bridgehead atoms. The highest BCUT2D eigenvalue weighted by Crippen LogP contribution is 2.36. The Bertz CT molecular complexity index is 670. The van der Waals surface area contributed by atoms with Crippen LogP contribution in [0.2, 0.25) is 0 Å². The van der Waals surface area contributed by atoms with Crippen LogP contribution in [0.15, 0.2) is 30.5 Å². The van der Waals surface area contributed by atoms with Gasteiger partial charge in [-0.1, -0.05) is 30.7 Å². The van der Waals surface area contributed by atoms with Crippen LogP contribution in [0.25, 0.3) is 10.6 Å². The molecular weight excluding hydrogens is 304 g/mol. The van der Waals surface area contributed by atoms with Crippen molar-refractivity contribution in [2.75, 3.05) is 0 Å². The number of benzene rings is 1. The minimum atomic E-state index is -0.0921. The second-order valence-corrected chi connectivity index (χ2v) is 8.10. The summed E-state index contributed by atoms with van der Waals surface area (Å²) in [5.74, 6) is 0. The summed E-state index contributed by atoms with van der Waals surface area (Å²) in [4.78, 5) is 8.64. The fourth-order valence-corrected chi connectivity index (χ4v) is 5.22. The molecule has 1 aromatic heterocycles. The number of aryl methyl sites for hydroxylation is 1. The van der Waals surface area contributed by atoms with E-state index < -0.39 is 0 Å². The molecule has 2 aliphatic rings. The number of aliphatic hydroxyl groups is 1. The van der Waals surface area contributed by atoms with Gasteiger partial charge in [0.25, 0.3) is 0 Å². The molecule has 1 N–H and O–H groups in total. The molecule has 2 saturated heterocycles. The average Bonchev–Trinajstić information content (AvgIpc) is 2.97. The predicted molar refractivity (Wildman–Crippen MR) is 94.5 cm³/mol. The van der Waals surface area contributed by atoms with Crippen molar-refractivity contribution in [2.24, 2.45) is 0 Å². The molecule has 3 atom stereocenters. The molecule has 1 unspecified atom stereocenters. The summed E-state index contributed by atoms with van der Waals surface area (Å²) in [6.07, 6.45) is 7.63. The van der Waals surface area contributed by atoms with Gasteiger partial charge >= 0.3 is 0 Å². The topological polar surface area (TPSA) is 36.4 Å². The SMILES string of the molecule is Cc1ccccc1-c1ncc(CN2[C@@H]3CCC[C@H]2CC(O)C3)s1. The number of aromatic nitrogens is 1. The van der Waals surface area contributed by atoms with Crippen LogP contribution in [0.5, 0.6) is 0 Å². The van der Waals surface area contributed by atoms with E-state index >= 15 is 0 Å². The van der Waals surface area contributed by atoms with E-state index in [2.05, 4.69) is 41.1 Å². The van der Waals surface area contributed by atoms with Crippen LogP contribution in [0.4, 0.5) is 0 Å². The number of piperidine rings is 2. The molecule has 0 radical (unpaired) electrons. The van der Waals surface area contributed by atoms with E-state index in [4.69, 9.17) is 0 Å². The highest BCUT2D eigenvalue weighted by atomic mass is 32.1. The van der Waals surface area contributed by atoms with Gasteiger partial charge in [0.05, 0.1) is 6.10 Å². The quantitative estimate of drug-likeness (QED) is 0.925. The lowest BCUT2D eigenvalue weighted by molar-refractivity contribution is -0.0307. The zero-order valence-corrected chi connectivity index (χ0v) is 14.4. The zero-order valence-electron chi connectivity index (χ0n) is 13.6. The Morgan fingerprint density at radius 2 is 1.96 bits per heavy atom. The van der Waals surface area contributed by atoms with E-state index in [9.17, 15) is 5.11 Å². The first kappa shape index (κ1) is 15.3. The Hall–Kier alpha value is -1.23. The zero-order chi connectivity index (χ0) is 15.8. The number of nitrogens with zero attached hydrogens (tertiary/aromatic N) is 2. The van der Waals surface area contributed by atoms with Crippen molar-refractivity contribution in [2.45, 2.75) is 63.8 Å². The fraction of sp³-hybridized carbons (Fsp3) is 0.526. The van der Waals surface area contributed by atoms with Crippen LogP contribution in [0.3, 0.4) is 0 Å². The van der Waals surface area contributed by atoms with Gasteiger partial charge in [-0.2, -0.15) is 0 Å². The first-order valence-corrected chi connectivity index (χ1v) is 9.47. The van der Waals surface area contributed by atoms with Crippen LogP contribution in [-0.4, -0.2) is 33.2 Å². The molecule has 4 heteroatoms. The molecular formula is C19H24N2OS. The van der Waals surface area contributed by atoms with Crippen LogP contribution in [-0.2, 0) is 6.54 Å². The summed E-state index contributed by atoms with van der Waals surface area (Å²) in [5, 5.41) is 11.2. The first-order chi connectivity index (χ1) is 11.2. The molecule has 2 aliphatic heterocycles. The third-order valence-electron chi connectivity index (χ3n) is 5.37. The number of fused-ring (bicyclic) bond motifs is 2. The Labute approximate surface area is 142 Å². The lowest BCUT2D eigenvalue weighted by Gasteiger charge is -2.47. The maximum Gasteiger partial charge on any atom is 0.123 e. The third-order valence-corrected chi connectivity index (χ3v) is 6.38. The lowest BCUT2D eigenvalue weighted by atomic mass is 9.83. The minimum Gasteiger partial charge on any atom is -0.393 e. The Morgan fingerprint density at radius 1 is 1.22 bits per heavy atom. The Morgan fingerprint density at radius 3 is 2.70 bits per heavy atom. The van der Waals surface area contributed by atoms with Gasteiger partial charge in [-0.25, -0.2) is 4.98 Å². The van der Waals surface area contributed by atoms with Gasteiger partial charge in [0.2, 0.25) is 0 Å². The highest BCUT2D eigenvalue weighted by Gasteiger charge is 2.37. The molecule has 4 rings (SSSR count). The molecule has 3 nitrogen and oxygen atoms in total. The molecule has 0 spiro atoms. The van der Waals surface area contributed by atoms with Crippen molar-refractivity contribution in [3.63, 3.8) is 0 Å². The van der Waals surface area contributed by atoms with Crippen molar-refractivity contribution in [3.8, 4) is 10.6 Å². The van der Waals surface area contributed by atoms with E-state index in [0.717, 1.165) is 24.4 Å². The van der Waals surface area contributed by atoms with Gasteiger partial charge in [0, 0.05) is 35.3 Å².